The van der Waals surface area contributed by atoms with Gasteiger partial charge >= 0.3 is 0 Å². The fourth-order valence-corrected chi connectivity index (χ4v) is 3.60. The summed E-state index contributed by atoms with van der Waals surface area (Å²) < 4.78 is 7.22. The summed E-state index contributed by atoms with van der Waals surface area (Å²) in [5, 5.41) is 12.6. The van der Waals surface area contributed by atoms with E-state index < -0.39 is 0 Å². The first-order valence-electron chi connectivity index (χ1n) is 8.62. The first-order valence-corrected chi connectivity index (χ1v) is 9.98. The molecule has 8 heteroatoms. The number of anilines is 1. The number of hydrogen-bond acceptors (Lipinski definition) is 5. The van der Waals surface area contributed by atoms with E-state index >= 15 is 0 Å². The standard InChI is InChI=1S/C20H21ClN4O2S/c1-12-5-6-13(2)16(9-12)22-18(26)11-28-20-24-23-19(25(20)3)15-10-14(21)7-8-17(15)27-4/h5-10H,11H2,1-4H3,(H,22,26). The molecule has 0 bridgehead atoms. The molecular weight excluding hydrogens is 396 g/mol. The number of benzene rings is 2. The largest absolute Gasteiger partial charge is 0.496 e. The maximum atomic E-state index is 12.4. The highest BCUT2D eigenvalue weighted by Gasteiger charge is 2.17. The van der Waals surface area contributed by atoms with Crippen LogP contribution in [-0.4, -0.2) is 33.5 Å². The third-order valence-corrected chi connectivity index (χ3v) is 5.49. The Balaban J connectivity index is 1.72. The van der Waals surface area contributed by atoms with E-state index in [1.54, 1.807) is 25.3 Å². The van der Waals surface area contributed by atoms with Crippen LogP contribution >= 0.6 is 23.4 Å². The van der Waals surface area contributed by atoms with E-state index in [2.05, 4.69) is 15.5 Å². The molecule has 146 valence electrons. The van der Waals surface area contributed by atoms with E-state index in [9.17, 15) is 4.79 Å². The Morgan fingerprint density at radius 1 is 1.21 bits per heavy atom. The van der Waals surface area contributed by atoms with E-state index in [-0.39, 0.29) is 11.7 Å². The normalized spacial score (nSPS) is 10.8. The number of halogens is 1. The second kappa shape index (κ2) is 8.67. The monoisotopic (exact) mass is 416 g/mol. The van der Waals surface area contributed by atoms with Gasteiger partial charge in [0.2, 0.25) is 5.91 Å². The molecule has 0 saturated heterocycles. The molecule has 1 amide bonds. The third-order valence-electron chi connectivity index (χ3n) is 4.24. The molecule has 0 aliphatic carbocycles. The van der Waals surface area contributed by atoms with E-state index in [1.807, 2.05) is 43.7 Å². The number of rotatable bonds is 6. The highest BCUT2D eigenvalue weighted by atomic mass is 35.5. The van der Waals surface area contributed by atoms with Gasteiger partial charge in [0, 0.05) is 17.8 Å². The molecule has 0 radical (unpaired) electrons. The Kier molecular flexibility index (Phi) is 6.26. The van der Waals surface area contributed by atoms with Crippen molar-refractivity contribution in [2.24, 2.45) is 7.05 Å². The van der Waals surface area contributed by atoms with Crippen LogP contribution in [0.15, 0.2) is 41.6 Å². The van der Waals surface area contributed by atoms with Gasteiger partial charge in [0.1, 0.15) is 5.75 Å². The number of carbonyl (C=O) groups is 1. The minimum atomic E-state index is -0.0939. The molecule has 28 heavy (non-hydrogen) atoms. The molecule has 0 aliphatic rings. The van der Waals surface area contributed by atoms with Gasteiger partial charge in [0.25, 0.3) is 0 Å². The Labute approximate surface area is 173 Å². The van der Waals surface area contributed by atoms with Crippen LogP contribution in [0.5, 0.6) is 5.75 Å². The van der Waals surface area contributed by atoms with Crippen LogP contribution in [0.4, 0.5) is 5.69 Å². The van der Waals surface area contributed by atoms with Crippen LogP contribution in [0.1, 0.15) is 11.1 Å². The van der Waals surface area contributed by atoms with E-state index in [0.29, 0.717) is 21.8 Å². The van der Waals surface area contributed by atoms with Gasteiger partial charge in [-0.15, -0.1) is 10.2 Å². The topological polar surface area (TPSA) is 69.0 Å². The fraction of sp³-hybridized carbons (Fsp3) is 0.250. The molecule has 2 aromatic carbocycles. The number of methoxy groups -OCH3 is 1. The number of carbonyl (C=O) groups excluding carboxylic acids is 1. The Bertz CT molecular complexity index is 1020. The zero-order chi connectivity index (χ0) is 20.3. The van der Waals surface area contributed by atoms with Crippen molar-refractivity contribution in [1.29, 1.82) is 0 Å². The van der Waals surface area contributed by atoms with Crippen molar-refractivity contribution >= 4 is 35.0 Å². The highest BCUT2D eigenvalue weighted by molar-refractivity contribution is 7.99. The van der Waals surface area contributed by atoms with Gasteiger partial charge in [-0.2, -0.15) is 0 Å². The summed E-state index contributed by atoms with van der Waals surface area (Å²) in [5.41, 5.74) is 3.70. The SMILES string of the molecule is COc1ccc(Cl)cc1-c1nnc(SCC(=O)Nc2cc(C)ccc2C)n1C. The van der Waals surface area contributed by atoms with Crippen molar-refractivity contribution < 1.29 is 9.53 Å². The highest BCUT2D eigenvalue weighted by Crippen LogP contribution is 2.32. The quantitative estimate of drug-likeness (QED) is 0.599. The van der Waals surface area contributed by atoms with Crippen molar-refractivity contribution in [2.75, 3.05) is 18.2 Å². The number of aromatic nitrogens is 3. The molecule has 0 unspecified atom stereocenters. The molecule has 3 aromatic rings. The summed E-state index contributed by atoms with van der Waals surface area (Å²) in [6, 6.07) is 11.3. The van der Waals surface area contributed by atoms with E-state index in [0.717, 1.165) is 22.4 Å². The van der Waals surface area contributed by atoms with Gasteiger partial charge in [-0.3, -0.25) is 4.79 Å². The zero-order valence-corrected chi connectivity index (χ0v) is 17.7. The molecule has 6 nitrogen and oxygen atoms in total. The van der Waals surface area contributed by atoms with Gasteiger partial charge in [0.05, 0.1) is 18.4 Å². The van der Waals surface area contributed by atoms with Gasteiger partial charge in [-0.25, -0.2) is 0 Å². The molecule has 0 atom stereocenters. The maximum Gasteiger partial charge on any atom is 0.234 e. The minimum Gasteiger partial charge on any atom is -0.496 e. The van der Waals surface area contributed by atoms with Gasteiger partial charge in [-0.1, -0.05) is 35.5 Å². The number of thioether (sulfide) groups is 1. The van der Waals surface area contributed by atoms with Crippen molar-refractivity contribution in [2.45, 2.75) is 19.0 Å². The van der Waals surface area contributed by atoms with Crippen molar-refractivity contribution in [1.82, 2.24) is 14.8 Å². The molecule has 3 rings (SSSR count). The van der Waals surface area contributed by atoms with Crippen LogP contribution in [0, 0.1) is 13.8 Å². The lowest BCUT2D eigenvalue weighted by atomic mass is 10.1. The summed E-state index contributed by atoms with van der Waals surface area (Å²) >= 11 is 7.44. The molecule has 1 heterocycles. The van der Waals surface area contributed by atoms with Crippen LogP contribution < -0.4 is 10.1 Å². The van der Waals surface area contributed by atoms with Crippen LogP contribution in [0.2, 0.25) is 5.02 Å². The molecule has 0 fully saturated rings. The van der Waals surface area contributed by atoms with E-state index in [1.165, 1.54) is 11.8 Å². The number of ether oxygens (including phenoxy) is 1. The fourth-order valence-electron chi connectivity index (χ4n) is 2.72. The summed E-state index contributed by atoms with van der Waals surface area (Å²) in [6.07, 6.45) is 0. The Morgan fingerprint density at radius 2 is 2.00 bits per heavy atom. The molecule has 1 aromatic heterocycles. The van der Waals surface area contributed by atoms with Crippen LogP contribution in [-0.2, 0) is 11.8 Å². The van der Waals surface area contributed by atoms with Gasteiger partial charge in [0.15, 0.2) is 11.0 Å². The van der Waals surface area contributed by atoms with Gasteiger partial charge in [-0.05, 0) is 49.2 Å². The summed E-state index contributed by atoms with van der Waals surface area (Å²) in [6.45, 7) is 3.96. The summed E-state index contributed by atoms with van der Waals surface area (Å²) in [7, 11) is 3.44. The smallest absolute Gasteiger partial charge is 0.234 e. The minimum absolute atomic E-state index is 0.0939. The second-order valence-corrected chi connectivity index (χ2v) is 7.74. The van der Waals surface area contributed by atoms with Crippen LogP contribution in [0.25, 0.3) is 11.4 Å². The summed E-state index contributed by atoms with van der Waals surface area (Å²) in [5.74, 6) is 1.41. The lowest BCUT2D eigenvalue weighted by Gasteiger charge is -2.10. The predicted molar refractivity (Wildman–Crippen MR) is 113 cm³/mol. The molecule has 0 spiro atoms. The van der Waals surface area contributed by atoms with E-state index in [4.69, 9.17) is 16.3 Å². The van der Waals surface area contributed by atoms with Gasteiger partial charge < -0.3 is 14.6 Å². The number of nitrogens with one attached hydrogen (secondary N) is 1. The third kappa shape index (κ3) is 4.48. The zero-order valence-electron chi connectivity index (χ0n) is 16.1. The first kappa shape index (κ1) is 20.2. The second-order valence-electron chi connectivity index (χ2n) is 6.37. The van der Waals surface area contributed by atoms with Crippen molar-refractivity contribution in [3.63, 3.8) is 0 Å². The molecule has 0 saturated carbocycles. The van der Waals surface area contributed by atoms with Crippen molar-refractivity contribution in [3.8, 4) is 17.1 Å². The predicted octanol–water partition coefficient (Wildman–Crippen LogP) is 4.49. The average Bonchev–Trinajstić information content (AvgIpc) is 3.03. The first-order chi connectivity index (χ1) is 13.4. The number of aryl methyl sites for hydroxylation is 2. The Morgan fingerprint density at radius 3 is 2.75 bits per heavy atom. The lowest BCUT2D eigenvalue weighted by molar-refractivity contribution is -0.113. The maximum absolute atomic E-state index is 12.4. The summed E-state index contributed by atoms with van der Waals surface area (Å²) in [4.78, 5) is 12.4. The number of nitrogens with zero attached hydrogens (tertiary/aromatic N) is 3. The number of hydrogen-bond donors (Lipinski definition) is 1. The molecule has 0 aliphatic heterocycles. The Hall–Kier alpha value is -2.51. The molecular formula is C20H21ClN4O2S. The average molecular weight is 417 g/mol. The lowest BCUT2D eigenvalue weighted by Crippen LogP contribution is -2.15. The van der Waals surface area contributed by atoms with Crippen molar-refractivity contribution in [3.05, 3.63) is 52.5 Å². The van der Waals surface area contributed by atoms with Crippen LogP contribution in [0.3, 0.4) is 0 Å². The molecule has 1 N–H and O–H groups in total. The number of amides is 1.